The molecule has 1 fully saturated rings. The van der Waals surface area contributed by atoms with Crippen LogP contribution >= 0.6 is 0 Å². The Morgan fingerprint density at radius 1 is 1.30 bits per heavy atom. The van der Waals surface area contributed by atoms with Gasteiger partial charge in [-0.15, -0.1) is 0 Å². The van der Waals surface area contributed by atoms with Gasteiger partial charge in [0, 0.05) is 6.54 Å². The average molecular weight is 279 g/mol. The van der Waals surface area contributed by atoms with Crippen molar-refractivity contribution in [3.8, 4) is 0 Å². The second-order valence-electron chi connectivity index (χ2n) is 5.75. The molecule has 5 heteroatoms. The van der Waals surface area contributed by atoms with Gasteiger partial charge >= 0.3 is 5.97 Å². The van der Waals surface area contributed by atoms with E-state index in [1.165, 1.54) is 6.07 Å². The number of carboxylic acid groups (broad SMARTS) is 1. The van der Waals surface area contributed by atoms with Crippen molar-refractivity contribution in [3.05, 3.63) is 35.6 Å². The van der Waals surface area contributed by atoms with E-state index >= 15 is 0 Å². The highest BCUT2D eigenvalue weighted by atomic mass is 19.1. The molecule has 4 nitrogen and oxygen atoms in total. The Kier molecular flexibility index (Phi) is 3.79. The normalized spacial score (nSPS) is 23.1. The maximum atomic E-state index is 13.4. The first-order valence-electron chi connectivity index (χ1n) is 6.59. The Hall–Kier alpha value is -1.91. The van der Waals surface area contributed by atoms with Gasteiger partial charge in [0.05, 0.1) is 11.8 Å². The first-order valence-corrected chi connectivity index (χ1v) is 6.59. The van der Waals surface area contributed by atoms with E-state index in [1.54, 1.807) is 32.0 Å². The molecule has 0 radical (unpaired) electrons. The van der Waals surface area contributed by atoms with Crippen LogP contribution in [0.5, 0.6) is 0 Å². The molecule has 20 heavy (non-hydrogen) atoms. The maximum Gasteiger partial charge on any atom is 0.307 e. The Labute approximate surface area is 117 Å². The van der Waals surface area contributed by atoms with Crippen molar-refractivity contribution in [2.45, 2.75) is 20.3 Å². The molecule has 2 atom stereocenters. The van der Waals surface area contributed by atoms with Crippen molar-refractivity contribution in [2.75, 3.05) is 6.54 Å². The van der Waals surface area contributed by atoms with Crippen molar-refractivity contribution in [1.82, 2.24) is 5.32 Å². The smallest absolute Gasteiger partial charge is 0.307 e. The second kappa shape index (κ2) is 5.23. The lowest BCUT2D eigenvalue weighted by molar-refractivity contribution is -0.140. The van der Waals surface area contributed by atoms with Crippen LogP contribution in [0.4, 0.5) is 4.39 Å². The van der Waals surface area contributed by atoms with E-state index in [0.717, 1.165) is 0 Å². The van der Waals surface area contributed by atoms with Gasteiger partial charge in [0.1, 0.15) is 5.82 Å². The molecule has 1 aliphatic carbocycles. The predicted octanol–water partition coefficient (Wildman–Crippen LogP) is 1.84. The first kappa shape index (κ1) is 14.5. The summed E-state index contributed by atoms with van der Waals surface area (Å²) in [6.45, 7) is 3.85. The fraction of sp³-hybridized carbons (Fsp3) is 0.467. The lowest BCUT2D eigenvalue weighted by Crippen LogP contribution is -2.29. The molecule has 0 saturated heterocycles. The molecular weight excluding hydrogens is 261 g/mol. The summed E-state index contributed by atoms with van der Waals surface area (Å²) in [7, 11) is 0. The summed E-state index contributed by atoms with van der Waals surface area (Å²) in [5.74, 6) is -2.63. The van der Waals surface area contributed by atoms with E-state index in [4.69, 9.17) is 5.11 Å². The van der Waals surface area contributed by atoms with Crippen LogP contribution in [0, 0.1) is 23.1 Å². The third-order valence-corrected chi connectivity index (χ3v) is 4.03. The molecule has 2 N–H and O–H groups in total. The van der Waals surface area contributed by atoms with Crippen LogP contribution in [0.15, 0.2) is 24.3 Å². The summed E-state index contributed by atoms with van der Waals surface area (Å²) in [4.78, 5) is 22.9. The Balaban J connectivity index is 1.85. The SMILES string of the molecule is CC1(C)[C@H](C(=O)O)[C@@H]1C(=O)NCCc1ccccc1F. The van der Waals surface area contributed by atoms with Crippen molar-refractivity contribution in [1.29, 1.82) is 0 Å². The minimum absolute atomic E-state index is 0.265. The third kappa shape index (κ3) is 2.66. The fourth-order valence-corrected chi connectivity index (χ4v) is 2.72. The minimum Gasteiger partial charge on any atom is -0.481 e. The van der Waals surface area contributed by atoms with Gasteiger partial charge in [-0.2, -0.15) is 0 Å². The van der Waals surface area contributed by atoms with Gasteiger partial charge in [-0.25, -0.2) is 4.39 Å². The first-order chi connectivity index (χ1) is 9.35. The van der Waals surface area contributed by atoms with Gasteiger partial charge < -0.3 is 10.4 Å². The highest BCUT2D eigenvalue weighted by Gasteiger charge is 2.65. The number of hydrogen-bond acceptors (Lipinski definition) is 2. The molecule has 0 unspecified atom stereocenters. The topological polar surface area (TPSA) is 66.4 Å². The molecule has 0 bridgehead atoms. The molecule has 1 aromatic carbocycles. The summed E-state index contributed by atoms with van der Waals surface area (Å²) in [6.07, 6.45) is 0.392. The monoisotopic (exact) mass is 279 g/mol. The summed E-state index contributed by atoms with van der Waals surface area (Å²) in [5, 5.41) is 11.7. The van der Waals surface area contributed by atoms with Crippen LogP contribution in [-0.2, 0) is 16.0 Å². The third-order valence-electron chi connectivity index (χ3n) is 4.03. The molecule has 0 spiro atoms. The molecule has 108 valence electrons. The molecule has 1 saturated carbocycles. The maximum absolute atomic E-state index is 13.4. The number of nitrogens with one attached hydrogen (secondary N) is 1. The fourth-order valence-electron chi connectivity index (χ4n) is 2.72. The van der Waals surface area contributed by atoms with Crippen LogP contribution in [0.2, 0.25) is 0 Å². The summed E-state index contributed by atoms with van der Waals surface area (Å²) < 4.78 is 13.4. The van der Waals surface area contributed by atoms with Crippen molar-refractivity contribution in [2.24, 2.45) is 17.3 Å². The predicted molar refractivity (Wildman–Crippen MR) is 71.5 cm³/mol. The average Bonchev–Trinajstić information content (AvgIpc) is 2.95. The molecule has 1 amide bonds. The summed E-state index contributed by atoms with van der Waals surface area (Å²) in [5.41, 5.74) is 0.0334. The van der Waals surface area contributed by atoms with Gasteiger partial charge in [-0.3, -0.25) is 9.59 Å². The van der Waals surface area contributed by atoms with Crippen LogP contribution in [-0.4, -0.2) is 23.5 Å². The van der Waals surface area contributed by atoms with Gasteiger partial charge in [-0.1, -0.05) is 32.0 Å². The van der Waals surface area contributed by atoms with Crippen LogP contribution in [0.3, 0.4) is 0 Å². The van der Waals surface area contributed by atoms with Gasteiger partial charge in [-0.05, 0) is 23.5 Å². The van der Waals surface area contributed by atoms with Crippen molar-refractivity contribution >= 4 is 11.9 Å². The Bertz CT molecular complexity index is 542. The number of halogens is 1. The summed E-state index contributed by atoms with van der Waals surface area (Å²) in [6, 6.07) is 6.40. The zero-order valence-corrected chi connectivity index (χ0v) is 11.5. The number of benzene rings is 1. The second-order valence-corrected chi connectivity index (χ2v) is 5.75. The van der Waals surface area contributed by atoms with Crippen molar-refractivity contribution < 1.29 is 19.1 Å². The van der Waals surface area contributed by atoms with Gasteiger partial charge in [0.15, 0.2) is 0 Å². The van der Waals surface area contributed by atoms with E-state index < -0.39 is 23.2 Å². The van der Waals surface area contributed by atoms with E-state index in [2.05, 4.69) is 5.32 Å². The van der Waals surface area contributed by atoms with E-state index in [1.807, 2.05) is 0 Å². The largest absolute Gasteiger partial charge is 0.481 e. The number of rotatable bonds is 5. The molecule has 2 rings (SSSR count). The Morgan fingerprint density at radius 3 is 2.50 bits per heavy atom. The number of aliphatic carboxylic acids is 1. The molecular formula is C15H18FNO3. The highest BCUT2D eigenvalue weighted by molar-refractivity contribution is 5.91. The summed E-state index contributed by atoms with van der Waals surface area (Å²) >= 11 is 0. The lowest BCUT2D eigenvalue weighted by atomic mass is 10.1. The van der Waals surface area contributed by atoms with Crippen LogP contribution < -0.4 is 5.32 Å². The van der Waals surface area contributed by atoms with Gasteiger partial charge in [0.2, 0.25) is 5.91 Å². The number of carbonyl (C=O) groups excluding carboxylic acids is 1. The van der Waals surface area contributed by atoms with Crippen LogP contribution in [0.25, 0.3) is 0 Å². The number of hydrogen-bond donors (Lipinski definition) is 2. The number of carboxylic acids is 1. The highest BCUT2D eigenvalue weighted by Crippen LogP contribution is 2.58. The van der Waals surface area contributed by atoms with Crippen LogP contribution in [0.1, 0.15) is 19.4 Å². The molecule has 1 aliphatic rings. The van der Waals surface area contributed by atoms with Crippen molar-refractivity contribution in [3.63, 3.8) is 0 Å². The number of amides is 1. The number of carbonyl (C=O) groups is 2. The quantitative estimate of drug-likeness (QED) is 0.864. The standard InChI is InChI=1S/C15H18FNO3/c1-15(2)11(12(15)14(19)20)13(18)17-8-7-9-5-3-4-6-10(9)16/h3-6,11-12H,7-8H2,1-2H3,(H,17,18)(H,19,20)/t11-,12+/m1/s1. The zero-order valence-electron chi connectivity index (χ0n) is 11.5. The molecule has 0 aromatic heterocycles. The minimum atomic E-state index is -0.941. The van der Waals surface area contributed by atoms with Gasteiger partial charge in [0.25, 0.3) is 0 Å². The molecule has 0 aliphatic heterocycles. The zero-order chi connectivity index (χ0) is 14.9. The molecule has 1 aromatic rings. The van der Waals surface area contributed by atoms with E-state index in [-0.39, 0.29) is 11.7 Å². The lowest BCUT2D eigenvalue weighted by Gasteiger charge is -2.06. The van der Waals surface area contributed by atoms with E-state index in [0.29, 0.717) is 18.5 Å². The molecule has 0 heterocycles. The van der Waals surface area contributed by atoms with E-state index in [9.17, 15) is 14.0 Å². The Morgan fingerprint density at radius 2 is 1.95 bits per heavy atom.